The van der Waals surface area contributed by atoms with Gasteiger partial charge >= 0.3 is 0 Å². The fourth-order valence-corrected chi connectivity index (χ4v) is 1.63. The molecule has 0 aliphatic heterocycles. The van der Waals surface area contributed by atoms with Crippen LogP contribution in [0.4, 0.5) is 0 Å². The van der Waals surface area contributed by atoms with Crippen molar-refractivity contribution in [3.8, 4) is 0 Å². The molecule has 0 radical (unpaired) electrons. The smallest absolute Gasteiger partial charge is 0.219 e. The number of carbonyl (C=O) groups is 1. The number of nitrogens with one attached hydrogen (secondary N) is 1. The lowest BCUT2D eigenvalue weighted by Crippen LogP contribution is -2.25. The molecule has 0 unspecified atom stereocenters. The number of hydrogen-bond acceptors (Lipinski definition) is 3. The maximum Gasteiger partial charge on any atom is 0.219 e. The van der Waals surface area contributed by atoms with Crippen LogP contribution in [0.15, 0.2) is 0 Å². The highest BCUT2D eigenvalue weighted by atomic mass is 16.5. The zero-order valence-corrected chi connectivity index (χ0v) is 10.7. The van der Waals surface area contributed by atoms with Gasteiger partial charge in [0, 0.05) is 26.2 Å². The van der Waals surface area contributed by atoms with Gasteiger partial charge in [0.2, 0.25) is 5.91 Å². The molecule has 1 aliphatic carbocycles. The number of ether oxygens (including phenoxy) is 1. The Morgan fingerprint density at radius 2 is 2.06 bits per heavy atom. The van der Waals surface area contributed by atoms with E-state index in [0.29, 0.717) is 6.42 Å². The Hall–Kier alpha value is -0.610. The molecule has 0 aromatic carbocycles. The summed E-state index contributed by atoms with van der Waals surface area (Å²) >= 11 is 0. The van der Waals surface area contributed by atoms with E-state index in [4.69, 9.17) is 10.5 Å². The second-order valence-corrected chi connectivity index (χ2v) is 4.82. The maximum atomic E-state index is 11.4. The van der Waals surface area contributed by atoms with E-state index in [1.54, 1.807) is 0 Å². The third-order valence-corrected chi connectivity index (χ3v) is 2.95. The van der Waals surface area contributed by atoms with Gasteiger partial charge in [-0.15, -0.1) is 0 Å². The summed E-state index contributed by atoms with van der Waals surface area (Å²) in [6, 6.07) is 0. The van der Waals surface area contributed by atoms with Crippen LogP contribution >= 0.6 is 0 Å². The fourth-order valence-electron chi connectivity index (χ4n) is 1.63. The number of nitrogens with two attached hydrogens (primary N) is 1. The van der Waals surface area contributed by atoms with Gasteiger partial charge in [-0.1, -0.05) is 6.42 Å². The molecule has 1 saturated carbocycles. The molecule has 0 bridgehead atoms. The molecule has 1 aliphatic rings. The quantitative estimate of drug-likeness (QED) is 0.539. The number of hydrogen-bond donors (Lipinski definition) is 2. The molecule has 17 heavy (non-hydrogen) atoms. The molecule has 0 atom stereocenters. The van der Waals surface area contributed by atoms with Crippen molar-refractivity contribution in [2.45, 2.75) is 44.9 Å². The van der Waals surface area contributed by atoms with Crippen LogP contribution in [-0.4, -0.2) is 32.2 Å². The molecule has 0 saturated heterocycles. The van der Waals surface area contributed by atoms with Crippen molar-refractivity contribution in [1.82, 2.24) is 5.32 Å². The Balaban J connectivity index is 1.75. The van der Waals surface area contributed by atoms with Crippen LogP contribution in [0.1, 0.15) is 44.9 Å². The minimum Gasteiger partial charge on any atom is -0.381 e. The van der Waals surface area contributed by atoms with Crippen LogP contribution < -0.4 is 11.1 Å². The van der Waals surface area contributed by atoms with Gasteiger partial charge in [-0.25, -0.2) is 0 Å². The van der Waals surface area contributed by atoms with Gasteiger partial charge in [0.25, 0.3) is 0 Å². The average Bonchev–Trinajstić information content (AvgIpc) is 3.13. The number of amides is 1. The summed E-state index contributed by atoms with van der Waals surface area (Å²) in [6.45, 7) is 3.14. The first-order valence-corrected chi connectivity index (χ1v) is 6.87. The molecule has 0 spiro atoms. The van der Waals surface area contributed by atoms with E-state index in [1.165, 1.54) is 12.8 Å². The van der Waals surface area contributed by atoms with Gasteiger partial charge < -0.3 is 15.8 Å². The molecule has 4 nitrogen and oxygen atoms in total. The van der Waals surface area contributed by atoms with Crippen LogP contribution in [0.3, 0.4) is 0 Å². The van der Waals surface area contributed by atoms with E-state index in [-0.39, 0.29) is 5.91 Å². The first-order valence-electron chi connectivity index (χ1n) is 6.87. The number of unbranched alkanes of at least 4 members (excludes halogenated alkanes) is 2. The first kappa shape index (κ1) is 14.5. The van der Waals surface area contributed by atoms with Crippen molar-refractivity contribution in [3.63, 3.8) is 0 Å². The second kappa shape index (κ2) is 9.42. The molecular formula is C13H26N2O2. The minimum atomic E-state index is 0.157. The van der Waals surface area contributed by atoms with E-state index >= 15 is 0 Å². The fraction of sp³-hybridized carbons (Fsp3) is 0.923. The first-order chi connectivity index (χ1) is 8.33. The Morgan fingerprint density at radius 3 is 2.76 bits per heavy atom. The standard InChI is InChI=1S/C13H26N2O2/c14-8-3-1-2-5-13(16)15-9-4-10-17-11-12-6-7-12/h12H,1-11,14H2,(H,15,16). The summed E-state index contributed by atoms with van der Waals surface area (Å²) in [6.07, 6.45) is 7.22. The summed E-state index contributed by atoms with van der Waals surface area (Å²) in [4.78, 5) is 11.4. The molecule has 4 heteroatoms. The molecular weight excluding hydrogens is 216 g/mol. The summed E-state index contributed by atoms with van der Waals surface area (Å²) in [5, 5.41) is 2.91. The van der Waals surface area contributed by atoms with E-state index in [0.717, 1.165) is 57.9 Å². The summed E-state index contributed by atoms with van der Waals surface area (Å²) in [5.41, 5.74) is 5.38. The predicted octanol–water partition coefficient (Wildman–Crippen LogP) is 1.44. The largest absolute Gasteiger partial charge is 0.381 e. The Morgan fingerprint density at radius 1 is 1.24 bits per heavy atom. The third-order valence-electron chi connectivity index (χ3n) is 2.95. The van der Waals surface area contributed by atoms with Crippen LogP contribution in [-0.2, 0) is 9.53 Å². The molecule has 1 rings (SSSR count). The molecule has 0 aromatic rings. The Bertz CT molecular complexity index is 206. The van der Waals surface area contributed by atoms with E-state index in [9.17, 15) is 4.79 Å². The summed E-state index contributed by atoms with van der Waals surface area (Å²) in [5.74, 6) is 0.983. The summed E-state index contributed by atoms with van der Waals surface area (Å²) in [7, 11) is 0. The van der Waals surface area contributed by atoms with Crippen molar-refractivity contribution in [2.24, 2.45) is 11.7 Å². The average molecular weight is 242 g/mol. The second-order valence-electron chi connectivity index (χ2n) is 4.82. The third kappa shape index (κ3) is 9.12. The van der Waals surface area contributed by atoms with Crippen molar-refractivity contribution in [2.75, 3.05) is 26.3 Å². The molecule has 1 fully saturated rings. The zero-order valence-electron chi connectivity index (χ0n) is 10.7. The highest BCUT2D eigenvalue weighted by Crippen LogP contribution is 2.28. The van der Waals surface area contributed by atoms with E-state index in [1.807, 2.05) is 0 Å². The van der Waals surface area contributed by atoms with Crippen LogP contribution in [0, 0.1) is 5.92 Å². The van der Waals surface area contributed by atoms with Crippen molar-refractivity contribution in [1.29, 1.82) is 0 Å². The lowest BCUT2D eigenvalue weighted by atomic mass is 10.2. The number of rotatable bonds is 11. The Kier molecular flexibility index (Phi) is 8.01. The van der Waals surface area contributed by atoms with Crippen LogP contribution in [0.5, 0.6) is 0 Å². The minimum absolute atomic E-state index is 0.157. The molecule has 3 N–H and O–H groups in total. The Labute approximate surface area is 104 Å². The molecule has 0 aromatic heterocycles. The van der Waals surface area contributed by atoms with Crippen molar-refractivity contribution >= 4 is 5.91 Å². The lowest BCUT2D eigenvalue weighted by molar-refractivity contribution is -0.121. The maximum absolute atomic E-state index is 11.4. The van der Waals surface area contributed by atoms with Crippen molar-refractivity contribution < 1.29 is 9.53 Å². The van der Waals surface area contributed by atoms with Gasteiger partial charge in [-0.2, -0.15) is 0 Å². The van der Waals surface area contributed by atoms with Crippen molar-refractivity contribution in [3.05, 3.63) is 0 Å². The lowest BCUT2D eigenvalue weighted by Gasteiger charge is -2.05. The highest BCUT2D eigenvalue weighted by Gasteiger charge is 2.20. The van der Waals surface area contributed by atoms with Gasteiger partial charge in [-0.05, 0) is 44.6 Å². The van der Waals surface area contributed by atoms with Gasteiger partial charge in [0.05, 0.1) is 0 Å². The van der Waals surface area contributed by atoms with E-state index in [2.05, 4.69) is 5.32 Å². The van der Waals surface area contributed by atoms with Gasteiger partial charge in [0.1, 0.15) is 0 Å². The van der Waals surface area contributed by atoms with E-state index < -0.39 is 0 Å². The van der Waals surface area contributed by atoms with Gasteiger partial charge in [0.15, 0.2) is 0 Å². The normalized spacial score (nSPS) is 14.9. The van der Waals surface area contributed by atoms with Gasteiger partial charge in [-0.3, -0.25) is 4.79 Å². The molecule has 0 heterocycles. The topological polar surface area (TPSA) is 64.4 Å². The summed E-state index contributed by atoms with van der Waals surface area (Å²) < 4.78 is 5.49. The monoisotopic (exact) mass is 242 g/mol. The molecule has 100 valence electrons. The predicted molar refractivity (Wildman–Crippen MR) is 68.7 cm³/mol. The number of carbonyl (C=O) groups excluding carboxylic acids is 1. The highest BCUT2D eigenvalue weighted by molar-refractivity contribution is 5.75. The van der Waals surface area contributed by atoms with Crippen LogP contribution in [0.2, 0.25) is 0 Å². The SMILES string of the molecule is NCCCCCC(=O)NCCCOCC1CC1. The molecule has 1 amide bonds. The van der Waals surface area contributed by atoms with Crippen LogP contribution in [0.25, 0.3) is 0 Å². The zero-order chi connectivity index (χ0) is 12.3.